The second kappa shape index (κ2) is 6.19. The first-order valence-corrected chi connectivity index (χ1v) is 7.05. The standard InChI is InChI=1S/C10H6O2.C10H8/c11-9-5-6-10(12)8-4-2-1-3-7(8)9;1-2-6-10-8-4-3-7-9(10)5-1/h1-6H;1-8H. The van der Waals surface area contributed by atoms with E-state index in [-0.39, 0.29) is 11.6 Å². The van der Waals surface area contributed by atoms with Gasteiger partial charge in [-0.1, -0.05) is 72.8 Å². The van der Waals surface area contributed by atoms with Crippen LogP contribution in [0.3, 0.4) is 0 Å². The summed E-state index contributed by atoms with van der Waals surface area (Å²) in [6.45, 7) is 0. The smallest absolute Gasteiger partial charge is 0.186 e. The van der Waals surface area contributed by atoms with Crippen molar-refractivity contribution in [2.45, 2.75) is 0 Å². The van der Waals surface area contributed by atoms with Crippen LogP contribution in [0.4, 0.5) is 0 Å². The SMILES string of the molecule is O=C1C=CC(=O)c2ccccc21.c1ccc2ccccc2c1. The van der Waals surface area contributed by atoms with Crippen LogP contribution in [0.5, 0.6) is 0 Å². The zero-order valence-electron chi connectivity index (χ0n) is 11.9. The van der Waals surface area contributed by atoms with Gasteiger partial charge in [0.15, 0.2) is 11.6 Å². The minimum Gasteiger partial charge on any atom is -0.289 e. The molecule has 106 valence electrons. The van der Waals surface area contributed by atoms with Crippen LogP contribution in [-0.4, -0.2) is 11.6 Å². The minimum atomic E-state index is -0.0924. The Labute approximate surface area is 128 Å². The Bertz CT molecular complexity index is 773. The Morgan fingerprint density at radius 1 is 0.455 bits per heavy atom. The van der Waals surface area contributed by atoms with Gasteiger partial charge in [-0.15, -0.1) is 0 Å². The van der Waals surface area contributed by atoms with Crippen molar-refractivity contribution in [1.29, 1.82) is 0 Å². The van der Waals surface area contributed by atoms with Crippen molar-refractivity contribution in [2.75, 3.05) is 0 Å². The lowest BCUT2D eigenvalue weighted by molar-refractivity contribution is 0.0994. The minimum absolute atomic E-state index is 0.0924. The summed E-state index contributed by atoms with van der Waals surface area (Å²) in [7, 11) is 0. The molecule has 0 spiro atoms. The third-order valence-electron chi connectivity index (χ3n) is 3.50. The van der Waals surface area contributed by atoms with Crippen LogP contribution in [0.1, 0.15) is 20.7 Å². The van der Waals surface area contributed by atoms with Gasteiger partial charge in [-0.2, -0.15) is 0 Å². The van der Waals surface area contributed by atoms with Crippen LogP contribution in [0.2, 0.25) is 0 Å². The van der Waals surface area contributed by atoms with Crippen molar-refractivity contribution in [2.24, 2.45) is 0 Å². The van der Waals surface area contributed by atoms with Gasteiger partial charge < -0.3 is 0 Å². The predicted molar refractivity (Wildman–Crippen MR) is 88.2 cm³/mol. The summed E-state index contributed by atoms with van der Waals surface area (Å²) >= 11 is 0. The van der Waals surface area contributed by atoms with Gasteiger partial charge in [0.1, 0.15) is 0 Å². The molecule has 2 nitrogen and oxygen atoms in total. The Kier molecular flexibility index (Phi) is 3.92. The highest BCUT2D eigenvalue weighted by atomic mass is 16.1. The fraction of sp³-hybridized carbons (Fsp3) is 0. The van der Waals surface area contributed by atoms with Gasteiger partial charge in [0.25, 0.3) is 0 Å². The molecule has 1 aliphatic carbocycles. The predicted octanol–water partition coefficient (Wildman–Crippen LogP) is 4.46. The number of rotatable bonds is 0. The number of hydrogen-bond acceptors (Lipinski definition) is 2. The summed E-state index contributed by atoms with van der Waals surface area (Å²) in [5, 5.41) is 2.62. The van der Waals surface area contributed by atoms with E-state index in [1.165, 1.54) is 22.9 Å². The second-order valence-electron chi connectivity index (χ2n) is 4.95. The number of carbonyl (C=O) groups excluding carboxylic acids is 2. The van der Waals surface area contributed by atoms with Crippen molar-refractivity contribution in [3.8, 4) is 0 Å². The molecule has 1 aliphatic rings. The van der Waals surface area contributed by atoms with E-state index in [0.717, 1.165) is 0 Å². The van der Waals surface area contributed by atoms with E-state index in [0.29, 0.717) is 11.1 Å². The molecule has 0 unspecified atom stereocenters. The lowest BCUT2D eigenvalue weighted by atomic mass is 9.95. The van der Waals surface area contributed by atoms with Crippen molar-refractivity contribution in [1.82, 2.24) is 0 Å². The van der Waals surface area contributed by atoms with Gasteiger partial charge in [0.2, 0.25) is 0 Å². The zero-order valence-corrected chi connectivity index (χ0v) is 11.9. The van der Waals surface area contributed by atoms with Crippen LogP contribution in [0, 0.1) is 0 Å². The van der Waals surface area contributed by atoms with Crippen molar-refractivity contribution >= 4 is 22.3 Å². The molecule has 0 saturated carbocycles. The van der Waals surface area contributed by atoms with Crippen LogP contribution in [0.25, 0.3) is 10.8 Å². The largest absolute Gasteiger partial charge is 0.289 e. The molecule has 0 N–H and O–H groups in total. The summed E-state index contributed by atoms with van der Waals surface area (Å²) in [6, 6.07) is 23.6. The molecule has 4 rings (SSSR count). The monoisotopic (exact) mass is 286 g/mol. The third-order valence-corrected chi connectivity index (χ3v) is 3.50. The van der Waals surface area contributed by atoms with E-state index in [1.54, 1.807) is 24.3 Å². The number of carbonyl (C=O) groups is 2. The molecule has 0 bridgehead atoms. The average molecular weight is 286 g/mol. The van der Waals surface area contributed by atoms with Gasteiger partial charge >= 0.3 is 0 Å². The van der Waals surface area contributed by atoms with Crippen LogP contribution < -0.4 is 0 Å². The number of benzene rings is 3. The number of hydrogen-bond donors (Lipinski definition) is 0. The maximum Gasteiger partial charge on any atom is 0.186 e. The molecule has 0 aromatic heterocycles. The van der Waals surface area contributed by atoms with E-state index in [4.69, 9.17) is 0 Å². The molecule has 0 aliphatic heterocycles. The highest BCUT2D eigenvalue weighted by Gasteiger charge is 2.16. The fourth-order valence-corrected chi connectivity index (χ4v) is 2.38. The molecule has 0 amide bonds. The number of fused-ring (bicyclic) bond motifs is 2. The molecule has 0 heterocycles. The normalized spacial score (nSPS) is 12.5. The summed E-state index contributed by atoms with van der Waals surface area (Å²) in [4.78, 5) is 22.4. The summed E-state index contributed by atoms with van der Waals surface area (Å²) < 4.78 is 0. The van der Waals surface area contributed by atoms with E-state index in [1.807, 2.05) is 0 Å². The molecular formula is C20H14O2. The topological polar surface area (TPSA) is 34.1 Å². The van der Waals surface area contributed by atoms with Gasteiger partial charge in [-0.25, -0.2) is 0 Å². The van der Waals surface area contributed by atoms with Crippen molar-refractivity contribution in [3.05, 3.63) is 96.1 Å². The first kappa shape index (κ1) is 14.0. The first-order valence-electron chi connectivity index (χ1n) is 7.05. The molecular weight excluding hydrogens is 272 g/mol. The summed E-state index contributed by atoms with van der Waals surface area (Å²) in [5.41, 5.74) is 1.01. The third kappa shape index (κ3) is 2.86. The van der Waals surface area contributed by atoms with Crippen molar-refractivity contribution in [3.63, 3.8) is 0 Å². The van der Waals surface area contributed by atoms with Gasteiger partial charge in [-0.3, -0.25) is 9.59 Å². The number of allylic oxidation sites excluding steroid dienone is 2. The molecule has 2 heteroatoms. The van der Waals surface area contributed by atoms with Gasteiger partial charge in [0.05, 0.1) is 0 Å². The zero-order chi connectivity index (χ0) is 15.4. The molecule has 0 radical (unpaired) electrons. The Morgan fingerprint density at radius 3 is 1.14 bits per heavy atom. The van der Waals surface area contributed by atoms with Crippen molar-refractivity contribution < 1.29 is 9.59 Å². The molecule has 0 fully saturated rings. The van der Waals surface area contributed by atoms with Gasteiger partial charge in [0, 0.05) is 11.1 Å². The fourth-order valence-electron chi connectivity index (χ4n) is 2.38. The molecule has 3 aromatic rings. The van der Waals surface area contributed by atoms with E-state index >= 15 is 0 Å². The van der Waals surface area contributed by atoms with Crippen LogP contribution >= 0.6 is 0 Å². The second-order valence-corrected chi connectivity index (χ2v) is 4.95. The van der Waals surface area contributed by atoms with Gasteiger partial charge in [-0.05, 0) is 22.9 Å². The quantitative estimate of drug-likeness (QED) is 0.611. The average Bonchev–Trinajstić information content (AvgIpc) is 2.59. The highest BCUT2D eigenvalue weighted by molar-refractivity contribution is 6.21. The van der Waals surface area contributed by atoms with Crippen LogP contribution in [-0.2, 0) is 0 Å². The summed E-state index contributed by atoms with van der Waals surface area (Å²) in [5.74, 6) is -0.185. The molecule has 0 atom stereocenters. The highest BCUT2D eigenvalue weighted by Crippen LogP contribution is 2.15. The maximum absolute atomic E-state index is 11.2. The first-order chi connectivity index (χ1) is 10.8. The Hall–Kier alpha value is -3.00. The van der Waals surface area contributed by atoms with E-state index < -0.39 is 0 Å². The maximum atomic E-state index is 11.2. The molecule has 22 heavy (non-hydrogen) atoms. The Balaban J connectivity index is 0.000000133. The summed E-state index contributed by atoms with van der Waals surface area (Å²) in [6.07, 6.45) is 2.62. The van der Waals surface area contributed by atoms with E-state index in [9.17, 15) is 9.59 Å². The lowest BCUT2D eigenvalue weighted by Crippen LogP contribution is -2.10. The van der Waals surface area contributed by atoms with Crippen LogP contribution in [0.15, 0.2) is 84.9 Å². The number of ketones is 2. The molecule has 3 aromatic carbocycles. The molecule has 0 saturated heterocycles. The Morgan fingerprint density at radius 2 is 0.773 bits per heavy atom. The lowest BCUT2D eigenvalue weighted by Gasteiger charge is -2.06. The van der Waals surface area contributed by atoms with E-state index in [2.05, 4.69) is 48.5 Å².